The van der Waals surface area contributed by atoms with Gasteiger partial charge in [0, 0.05) is 18.7 Å². The Morgan fingerprint density at radius 1 is 1.46 bits per heavy atom. The Morgan fingerprint density at radius 2 is 2.15 bits per heavy atom. The molecule has 0 unspecified atom stereocenters. The Labute approximate surface area is 80.0 Å². The van der Waals surface area contributed by atoms with E-state index < -0.39 is 0 Å². The van der Waals surface area contributed by atoms with Gasteiger partial charge in [-0.2, -0.15) is 5.10 Å². The van der Waals surface area contributed by atoms with Gasteiger partial charge in [0.1, 0.15) is 0 Å². The molecule has 72 valence electrons. The molecule has 0 radical (unpaired) electrons. The molecular weight excluding hydrogens is 160 g/mol. The summed E-state index contributed by atoms with van der Waals surface area (Å²) >= 11 is 0. The van der Waals surface area contributed by atoms with Crippen LogP contribution in [0, 0.1) is 5.41 Å². The second kappa shape index (κ2) is 2.86. The van der Waals surface area contributed by atoms with Crippen molar-refractivity contribution >= 4 is 0 Å². The van der Waals surface area contributed by atoms with Crippen molar-refractivity contribution in [3.8, 4) is 0 Å². The summed E-state index contributed by atoms with van der Waals surface area (Å²) in [4.78, 5) is 0. The quantitative estimate of drug-likeness (QED) is 0.681. The topological polar surface area (TPSA) is 17.8 Å². The van der Waals surface area contributed by atoms with Gasteiger partial charge in [-0.1, -0.05) is 20.8 Å². The molecule has 13 heavy (non-hydrogen) atoms. The highest BCUT2D eigenvalue weighted by molar-refractivity contribution is 5.12. The Kier molecular flexibility index (Phi) is 1.94. The van der Waals surface area contributed by atoms with Crippen LogP contribution in [0.15, 0.2) is 12.3 Å². The number of rotatable bonds is 2. The molecule has 0 atom stereocenters. The third-order valence-corrected chi connectivity index (χ3v) is 2.29. The molecule has 0 bridgehead atoms. The van der Waals surface area contributed by atoms with Crippen LogP contribution < -0.4 is 0 Å². The lowest BCUT2D eigenvalue weighted by Crippen LogP contribution is -2.15. The van der Waals surface area contributed by atoms with Crippen LogP contribution in [-0.4, -0.2) is 9.78 Å². The van der Waals surface area contributed by atoms with Crippen molar-refractivity contribution in [3.05, 3.63) is 18.0 Å². The summed E-state index contributed by atoms with van der Waals surface area (Å²) in [5, 5.41) is 4.57. The molecule has 2 nitrogen and oxygen atoms in total. The monoisotopic (exact) mass is 178 g/mol. The summed E-state index contributed by atoms with van der Waals surface area (Å²) in [5.74, 6) is 0.779. The van der Waals surface area contributed by atoms with Crippen LogP contribution in [-0.2, 0) is 6.54 Å². The molecule has 0 saturated heterocycles. The van der Waals surface area contributed by atoms with Gasteiger partial charge in [-0.15, -0.1) is 0 Å². The molecule has 1 fully saturated rings. The van der Waals surface area contributed by atoms with Crippen molar-refractivity contribution in [2.24, 2.45) is 5.41 Å². The van der Waals surface area contributed by atoms with Crippen molar-refractivity contribution < 1.29 is 0 Å². The third kappa shape index (κ3) is 2.33. The lowest BCUT2D eigenvalue weighted by molar-refractivity contribution is 0.324. The fraction of sp³-hybridized carbons (Fsp3) is 0.727. The lowest BCUT2D eigenvalue weighted by atomic mass is 9.97. The van der Waals surface area contributed by atoms with E-state index in [1.54, 1.807) is 0 Å². The largest absolute Gasteiger partial charge is 0.272 e. The number of hydrogen-bond donors (Lipinski definition) is 0. The summed E-state index contributed by atoms with van der Waals surface area (Å²) in [6, 6.07) is 2.17. The Morgan fingerprint density at radius 3 is 2.69 bits per heavy atom. The van der Waals surface area contributed by atoms with Crippen LogP contribution in [0.1, 0.15) is 45.2 Å². The third-order valence-electron chi connectivity index (χ3n) is 2.29. The average Bonchev–Trinajstić information content (AvgIpc) is 2.72. The summed E-state index contributed by atoms with van der Waals surface area (Å²) in [6.45, 7) is 7.74. The molecule has 1 heterocycles. The van der Waals surface area contributed by atoms with Crippen molar-refractivity contribution in [2.75, 3.05) is 0 Å². The lowest BCUT2D eigenvalue weighted by Gasteiger charge is -2.17. The Hall–Kier alpha value is -0.790. The molecular formula is C11H18N2. The molecule has 1 aliphatic rings. The zero-order chi connectivity index (χ0) is 9.47. The van der Waals surface area contributed by atoms with Crippen LogP contribution in [0.4, 0.5) is 0 Å². The fourth-order valence-corrected chi connectivity index (χ4v) is 1.55. The summed E-state index contributed by atoms with van der Waals surface area (Å²) in [5.41, 5.74) is 1.62. The smallest absolute Gasteiger partial charge is 0.0655 e. The van der Waals surface area contributed by atoms with Gasteiger partial charge in [0.25, 0.3) is 0 Å². The zero-order valence-corrected chi connectivity index (χ0v) is 8.75. The molecule has 2 rings (SSSR count). The van der Waals surface area contributed by atoms with Crippen molar-refractivity contribution in [1.29, 1.82) is 0 Å². The van der Waals surface area contributed by atoms with E-state index in [0.717, 1.165) is 12.5 Å². The maximum Gasteiger partial charge on any atom is 0.0655 e. The minimum Gasteiger partial charge on any atom is -0.272 e. The molecule has 0 N–H and O–H groups in total. The molecule has 1 aromatic rings. The SMILES string of the molecule is CC(C)(C)Cn1ccc(C2CC2)n1. The van der Waals surface area contributed by atoms with E-state index in [9.17, 15) is 0 Å². The van der Waals surface area contributed by atoms with Gasteiger partial charge in [0.05, 0.1) is 5.69 Å². The summed E-state index contributed by atoms with van der Waals surface area (Å²) in [7, 11) is 0. The minimum absolute atomic E-state index is 0.326. The molecule has 2 heteroatoms. The molecule has 0 spiro atoms. The molecule has 0 amide bonds. The van der Waals surface area contributed by atoms with Crippen LogP contribution in [0.5, 0.6) is 0 Å². The van der Waals surface area contributed by atoms with E-state index in [4.69, 9.17) is 0 Å². The molecule has 0 aromatic carbocycles. The Balaban J connectivity index is 2.04. The van der Waals surface area contributed by atoms with Gasteiger partial charge >= 0.3 is 0 Å². The van der Waals surface area contributed by atoms with Gasteiger partial charge in [0.2, 0.25) is 0 Å². The van der Waals surface area contributed by atoms with Gasteiger partial charge in [-0.3, -0.25) is 4.68 Å². The van der Waals surface area contributed by atoms with E-state index in [0.29, 0.717) is 5.41 Å². The first-order valence-corrected chi connectivity index (χ1v) is 5.08. The molecule has 1 saturated carbocycles. The van der Waals surface area contributed by atoms with Gasteiger partial charge in [-0.05, 0) is 24.3 Å². The van der Waals surface area contributed by atoms with Crippen LogP contribution >= 0.6 is 0 Å². The van der Waals surface area contributed by atoms with E-state index in [1.807, 2.05) is 0 Å². The van der Waals surface area contributed by atoms with Crippen molar-refractivity contribution in [3.63, 3.8) is 0 Å². The second-order valence-corrected chi connectivity index (χ2v) is 5.27. The fourth-order valence-electron chi connectivity index (χ4n) is 1.55. The maximum absolute atomic E-state index is 4.57. The highest BCUT2D eigenvalue weighted by Crippen LogP contribution is 2.38. The highest BCUT2D eigenvalue weighted by atomic mass is 15.3. The number of hydrogen-bond acceptors (Lipinski definition) is 1. The first kappa shape index (κ1) is 8.79. The second-order valence-electron chi connectivity index (χ2n) is 5.27. The van der Waals surface area contributed by atoms with Gasteiger partial charge < -0.3 is 0 Å². The first-order chi connectivity index (χ1) is 6.04. The van der Waals surface area contributed by atoms with Gasteiger partial charge in [-0.25, -0.2) is 0 Å². The normalized spacial score (nSPS) is 17.8. The highest BCUT2D eigenvalue weighted by Gasteiger charge is 2.26. The predicted molar refractivity (Wildman–Crippen MR) is 53.7 cm³/mol. The predicted octanol–water partition coefficient (Wildman–Crippen LogP) is 2.81. The summed E-state index contributed by atoms with van der Waals surface area (Å²) in [6.07, 6.45) is 4.79. The zero-order valence-electron chi connectivity index (χ0n) is 8.75. The standard InChI is InChI=1S/C11H18N2/c1-11(2,3)8-13-7-6-10(12-13)9-4-5-9/h6-7,9H,4-5,8H2,1-3H3. The van der Waals surface area contributed by atoms with Crippen LogP contribution in [0.25, 0.3) is 0 Å². The molecule has 1 aromatic heterocycles. The maximum atomic E-state index is 4.57. The van der Waals surface area contributed by atoms with E-state index in [-0.39, 0.29) is 0 Å². The Bertz CT molecular complexity index is 289. The molecule has 1 aliphatic carbocycles. The van der Waals surface area contributed by atoms with E-state index >= 15 is 0 Å². The van der Waals surface area contributed by atoms with Crippen LogP contribution in [0.2, 0.25) is 0 Å². The molecule has 0 aliphatic heterocycles. The van der Waals surface area contributed by atoms with E-state index in [1.165, 1.54) is 18.5 Å². The van der Waals surface area contributed by atoms with Crippen LogP contribution in [0.3, 0.4) is 0 Å². The summed E-state index contributed by atoms with van der Waals surface area (Å²) < 4.78 is 2.08. The number of aromatic nitrogens is 2. The first-order valence-electron chi connectivity index (χ1n) is 5.08. The van der Waals surface area contributed by atoms with Gasteiger partial charge in [0.15, 0.2) is 0 Å². The average molecular weight is 178 g/mol. The van der Waals surface area contributed by atoms with Crippen molar-refractivity contribution in [2.45, 2.75) is 46.1 Å². The van der Waals surface area contributed by atoms with E-state index in [2.05, 4.69) is 42.8 Å². The number of nitrogens with zero attached hydrogens (tertiary/aromatic N) is 2. The van der Waals surface area contributed by atoms with Crippen molar-refractivity contribution in [1.82, 2.24) is 9.78 Å². The minimum atomic E-state index is 0.326.